The maximum atomic E-state index is 12.6. The molecule has 3 rings (SSSR count). The van der Waals surface area contributed by atoms with Crippen molar-refractivity contribution < 1.29 is 23.1 Å². The molecule has 0 aliphatic carbocycles. The fourth-order valence-corrected chi connectivity index (χ4v) is 4.05. The summed E-state index contributed by atoms with van der Waals surface area (Å²) in [5.41, 5.74) is 1.05. The molecule has 7 nitrogen and oxygen atoms in total. The molecule has 27 heavy (non-hydrogen) atoms. The predicted octanol–water partition coefficient (Wildman–Crippen LogP) is 1.71. The van der Waals surface area contributed by atoms with Crippen molar-refractivity contribution in [1.82, 2.24) is 9.62 Å². The molecule has 142 valence electrons. The van der Waals surface area contributed by atoms with Crippen molar-refractivity contribution in [2.75, 3.05) is 13.1 Å². The van der Waals surface area contributed by atoms with Crippen LogP contribution in [0.2, 0.25) is 0 Å². The van der Waals surface area contributed by atoms with Crippen LogP contribution in [0.5, 0.6) is 0 Å². The Morgan fingerprint density at radius 3 is 2.52 bits per heavy atom. The fraction of sp³-hybridized carbons (Fsp3) is 0.263. The number of hydrogen-bond donors (Lipinski definition) is 2. The molecule has 0 bridgehead atoms. The SMILES string of the molecule is O=C(O)C1CCN(C(=O)c2cccc(S(=O)(=O)NCc3ccccc3)c2)C1. The van der Waals surface area contributed by atoms with Crippen LogP contribution in [0.1, 0.15) is 22.3 Å². The first-order chi connectivity index (χ1) is 12.9. The first-order valence-electron chi connectivity index (χ1n) is 8.52. The first kappa shape index (κ1) is 19.1. The molecule has 1 atom stereocenters. The molecule has 8 heteroatoms. The van der Waals surface area contributed by atoms with Crippen LogP contribution >= 0.6 is 0 Å². The van der Waals surface area contributed by atoms with Crippen LogP contribution in [-0.4, -0.2) is 43.4 Å². The lowest BCUT2D eigenvalue weighted by Gasteiger charge is -2.16. The van der Waals surface area contributed by atoms with E-state index in [1.807, 2.05) is 30.3 Å². The van der Waals surface area contributed by atoms with E-state index < -0.39 is 21.9 Å². The van der Waals surface area contributed by atoms with Gasteiger partial charge in [0.2, 0.25) is 10.0 Å². The van der Waals surface area contributed by atoms with Gasteiger partial charge < -0.3 is 10.0 Å². The number of benzene rings is 2. The van der Waals surface area contributed by atoms with Crippen LogP contribution in [0.4, 0.5) is 0 Å². The molecule has 1 aliphatic heterocycles. The van der Waals surface area contributed by atoms with Gasteiger partial charge in [0.1, 0.15) is 0 Å². The molecular formula is C19H20N2O5S. The van der Waals surface area contributed by atoms with E-state index in [9.17, 15) is 18.0 Å². The van der Waals surface area contributed by atoms with E-state index in [0.29, 0.717) is 13.0 Å². The highest BCUT2D eigenvalue weighted by Crippen LogP contribution is 2.20. The van der Waals surface area contributed by atoms with Gasteiger partial charge in [-0.3, -0.25) is 9.59 Å². The molecule has 2 aromatic carbocycles. The van der Waals surface area contributed by atoms with E-state index in [4.69, 9.17) is 5.11 Å². The molecular weight excluding hydrogens is 368 g/mol. The number of rotatable bonds is 6. The highest BCUT2D eigenvalue weighted by molar-refractivity contribution is 7.89. The Balaban J connectivity index is 1.73. The van der Waals surface area contributed by atoms with Crippen molar-refractivity contribution >= 4 is 21.9 Å². The Kier molecular flexibility index (Phi) is 5.57. The lowest BCUT2D eigenvalue weighted by molar-refractivity contribution is -0.141. The molecule has 1 heterocycles. The smallest absolute Gasteiger partial charge is 0.308 e. The van der Waals surface area contributed by atoms with E-state index in [1.165, 1.54) is 29.2 Å². The Morgan fingerprint density at radius 2 is 1.85 bits per heavy atom. The zero-order valence-corrected chi connectivity index (χ0v) is 15.4. The number of hydrogen-bond acceptors (Lipinski definition) is 4. The summed E-state index contributed by atoms with van der Waals surface area (Å²) in [5, 5.41) is 9.06. The van der Waals surface area contributed by atoms with Crippen LogP contribution in [-0.2, 0) is 21.4 Å². The zero-order valence-electron chi connectivity index (χ0n) is 14.5. The van der Waals surface area contributed by atoms with Gasteiger partial charge in [0.15, 0.2) is 0 Å². The van der Waals surface area contributed by atoms with Gasteiger partial charge in [-0.05, 0) is 30.2 Å². The van der Waals surface area contributed by atoms with Crippen molar-refractivity contribution in [3.63, 3.8) is 0 Å². The summed E-state index contributed by atoms with van der Waals surface area (Å²) in [6, 6.07) is 14.9. The summed E-state index contributed by atoms with van der Waals surface area (Å²) in [6.45, 7) is 0.629. The monoisotopic (exact) mass is 388 g/mol. The second kappa shape index (κ2) is 7.89. The number of aliphatic carboxylic acids is 1. The summed E-state index contributed by atoms with van der Waals surface area (Å²) in [4.78, 5) is 25.1. The quantitative estimate of drug-likeness (QED) is 0.784. The standard InChI is InChI=1S/C19H20N2O5S/c22-18(21-10-9-16(13-21)19(23)24)15-7-4-8-17(11-15)27(25,26)20-12-14-5-2-1-3-6-14/h1-8,11,16,20H,9-10,12-13H2,(H,23,24). The minimum Gasteiger partial charge on any atom is -0.481 e. The highest BCUT2D eigenvalue weighted by Gasteiger charge is 2.31. The first-order valence-corrected chi connectivity index (χ1v) is 10.0. The zero-order chi connectivity index (χ0) is 19.4. The molecule has 0 spiro atoms. The van der Waals surface area contributed by atoms with Gasteiger partial charge in [-0.1, -0.05) is 36.4 Å². The van der Waals surface area contributed by atoms with Gasteiger partial charge in [0, 0.05) is 25.2 Å². The van der Waals surface area contributed by atoms with Crippen molar-refractivity contribution in [2.24, 2.45) is 5.92 Å². The maximum Gasteiger partial charge on any atom is 0.308 e. The molecule has 0 radical (unpaired) electrons. The molecule has 1 aliphatic rings. The highest BCUT2D eigenvalue weighted by atomic mass is 32.2. The molecule has 1 fully saturated rings. The molecule has 1 unspecified atom stereocenters. The molecule has 1 saturated heterocycles. The average molecular weight is 388 g/mol. The second-order valence-electron chi connectivity index (χ2n) is 6.41. The maximum absolute atomic E-state index is 12.6. The number of nitrogens with zero attached hydrogens (tertiary/aromatic N) is 1. The van der Waals surface area contributed by atoms with Crippen molar-refractivity contribution in [3.05, 3.63) is 65.7 Å². The molecule has 2 aromatic rings. The number of carboxylic acid groups (broad SMARTS) is 1. The van der Waals surface area contributed by atoms with E-state index in [1.54, 1.807) is 0 Å². The van der Waals surface area contributed by atoms with E-state index >= 15 is 0 Å². The third-order valence-corrected chi connectivity index (χ3v) is 5.92. The fourth-order valence-electron chi connectivity index (χ4n) is 2.98. The van der Waals surface area contributed by atoms with Crippen LogP contribution in [0, 0.1) is 5.92 Å². The van der Waals surface area contributed by atoms with E-state index in [0.717, 1.165) is 5.56 Å². The van der Waals surface area contributed by atoms with Crippen molar-refractivity contribution in [2.45, 2.75) is 17.9 Å². The normalized spacial score (nSPS) is 17.0. The number of carboxylic acids is 1. The van der Waals surface area contributed by atoms with Gasteiger partial charge >= 0.3 is 5.97 Å². The summed E-state index contributed by atoms with van der Waals surface area (Å²) >= 11 is 0. The summed E-state index contributed by atoms with van der Waals surface area (Å²) < 4.78 is 27.6. The van der Waals surface area contributed by atoms with Crippen LogP contribution in [0.25, 0.3) is 0 Å². The average Bonchev–Trinajstić information content (AvgIpc) is 3.17. The van der Waals surface area contributed by atoms with Crippen LogP contribution < -0.4 is 4.72 Å². The molecule has 0 saturated carbocycles. The molecule has 0 aromatic heterocycles. The summed E-state index contributed by atoms with van der Waals surface area (Å²) in [7, 11) is -3.78. The number of nitrogens with one attached hydrogen (secondary N) is 1. The minimum absolute atomic E-state index is 0.00161. The topological polar surface area (TPSA) is 104 Å². The van der Waals surface area contributed by atoms with Crippen molar-refractivity contribution in [1.29, 1.82) is 0 Å². The Bertz CT molecular complexity index is 944. The third kappa shape index (κ3) is 4.53. The summed E-state index contributed by atoms with van der Waals surface area (Å²) in [6.07, 6.45) is 0.400. The lowest BCUT2D eigenvalue weighted by atomic mass is 10.1. The van der Waals surface area contributed by atoms with Crippen molar-refractivity contribution in [3.8, 4) is 0 Å². The number of sulfonamides is 1. The van der Waals surface area contributed by atoms with Gasteiger partial charge in [0.25, 0.3) is 5.91 Å². The third-order valence-electron chi connectivity index (χ3n) is 4.53. The van der Waals surface area contributed by atoms with Crippen LogP contribution in [0.15, 0.2) is 59.5 Å². The predicted molar refractivity (Wildman–Crippen MR) is 98.6 cm³/mol. The van der Waals surface area contributed by atoms with E-state index in [2.05, 4.69) is 4.72 Å². The Labute approximate surface area is 157 Å². The van der Waals surface area contributed by atoms with Crippen LogP contribution in [0.3, 0.4) is 0 Å². The molecule has 1 amide bonds. The Morgan fingerprint density at radius 1 is 1.11 bits per heavy atom. The van der Waals surface area contributed by atoms with Gasteiger partial charge in [0.05, 0.1) is 10.8 Å². The number of amides is 1. The van der Waals surface area contributed by atoms with E-state index in [-0.39, 0.29) is 29.5 Å². The second-order valence-corrected chi connectivity index (χ2v) is 8.18. The largest absolute Gasteiger partial charge is 0.481 e. The lowest BCUT2D eigenvalue weighted by Crippen LogP contribution is -2.30. The van der Waals surface area contributed by atoms with Gasteiger partial charge in [-0.15, -0.1) is 0 Å². The molecule has 2 N–H and O–H groups in total. The number of likely N-dealkylation sites (tertiary alicyclic amines) is 1. The van der Waals surface area contributed by atoms with Gasteiger partial charge in [-0.2, -0.15) is 0 Å². The Hall–Kier alpha value is -2.71. The number of carbonyl (C=O) groups is 2. The van der Waals surface area contributed by atoms with Gasteiger partial charge in [-0.25, -0.2) is 13.1 Å². The minimum atomic E-state index is -3.78. The summed E-state index contributed by atoms with van der Waals surface area (Å²) in [5.74, 6) is -1.86. The number of carbonyl (C=O) groups excluding carboxylic acids is 1.